The Hall–Kier alpha value is -2.62. The van der Waals surface area contributed by atoms with Crippen molar-refractivity contribution in [3.8, 4) is 0 Å². The molecular formula is C18H17NO3. The van der Waals surface area contributed by atoms with E-state index in [0.717, 1.165) is 16.8 Å². The van der Waals surface area contributed by atoms with Crippen molar-refractivity contribution in [1.29, 1.82) is 0 Å². The molecule has 0 amide bonds. The molecule has 0 spiro atoms. The number of Topliss-reactive ketones (excluding diaryl/α,β-unsaturated/α-hetero) is 1. The monoisotopic (exact) mass is 295 g/mol. The number of carbonyl (C=O) groups excluding carboxylic acids is 1. The number of hydrogen-bond acceptors (Lipinski definition) is 3. The molecule has 0 fully saturated rings. The molecule has 0 radical (unpaired) electrons. The van der Waals surface area contributed by atoms with Gasteiger partial charge in [0.2, 0.25) is 0 Å². The summed E-state index contributed by atoms with van der Waals surface area (Å²) in [7, 11) is 0. The standard InChI is InChI=1S/C18H17NO3/c20-17(10-9-12-5-2-1-3-6-12)13-7-4-8-15-14(13)11-16(19-15)18(21)22/h1-8,16,19H,9-11H2,(H,21,22). The van der Waals surface area contributed by atoms with Crippen LogP contribution in [0.15, 0.2) is 48.5 Å². The van der Waals surface area contributed by atoms with Crippen molar-refractivity contribution in [3.63, 3.8) is 0 Å². The maximum atomic E-state index is 12.5. The Balaban J connectivity index is 1.75. The average molecular weight is 295 g/mol. The number of carboxylic acids is 1. The van der Waals surface area contributed by atoms with Gasteiger partial charge in [-0.1, -0.05) is 42.5 Å². The van der Waals surface area contributed by atoms with Gasteiger partial charge in [-0.2, -0.15) is 0 Å². The van der Waals surface area contributed by atoms with E-state index in [1.165, 1.54) is 0 Å². The summed E-state index contributed by atoms with van der Waals surface area (Å²) in [4.78, 5) is 23.6. The molecule has 2 aromatic carbocycles. The van der Waals surface area contributed by atoms with Gasteiger partial charge in [-0.05, 0) is 23.6 Å². The number of benzene rings is 2. The third-order valence-corrected chi connectivity index (χ3v) is 4.00. The number of anilines is 1. The predicted octanol–water partition coefficient (Wildman–Crippen LogP) is 2.92. The minimum Gasteiger partial charge on any atom is -0.480 e. The third-order valence-electron chi connectivity index (χ3n) is 4.00. The second kappa shape index (κ2) is 6.02. The van der Waals surface area contributed by atoms with Crippen LogP contribution in [0, 0.1) is 0 Å². The molecule has 1 aliphatic rings. The summed E-state index contributed by atoms with van der Waals surface area (Å²) in [6.45, 7) is 0. The van der Waals surface area contributed by atoms with Crippen LogP contribution in [0.3, 0.4) is 0 Å². The second-order valence-electron chi connectivity index (χ2n) is 5.48. The van der Waals surface area contributed by atoms with E-state index in [0.29, 0.717) is 24.8 Å². The van der Waals surface area contributed by atoms with Crippen LogP contribution in [0.4, 0.5) is 5.69 Å². The lowest BCUT2D eigenvalue weighted by Gasteiger charge is -2.07. The van der Waals surface area contributed by atoms with E-state index in [-0.39, 0.29) is 5.78 Å². The molecule has 2 N–H and O–H groups in total. The lowest BCUT2D eigenvalue weighted by Crippen LogP contribution is -2.26. The van der Waals surface area contributed by atoms with Crippen molar-refractivity contribution in [2.24, 2.45) is 0 Å². The Morgan fingerprint density at radius 2 is 1.86 bits per heavy atom. The Bertz CT molecular complexity index is 710. The Kier molecular flexibility index (Phi) is 3.92. The van der Waals surface area contributed by atoms with Gasteiger partial charge in [0.05, 0.1) is 0 Å². The normalized spacial score (nSPS) is 15.9. The van der Waals surface area contributed by atoms with Gasteiger partial charge in [0, 0.05) is 24.1 Å². The number of ketones is 1. The SMILES string of the molecule is O=C(CCc1ccccc1)c1cccc2c1CC(C(=O)O)N2. The Morgan fingerprint density at radius 3 is 2.59 bits per heavy atom. The van der Waals surface area contributed by atoms with E-state index in [2.05, 4.69) is 5.32 Å². The van der Waals surface area contributed by atoms with Crippen LogP contribution >= 0.6 is 0 Å². The first-order valence-corrected chi connectivity index (χ1v) is 7.33. The van der Waals surface area contributed by atoms with Crippen LogP contribution in [-0.2, 0) is 17.6 Å². The maximum absolute atomic E-state index is 12.5. The molecule has 1 atom stereocenters. The third kappa shape index (κ3) is 2.86. The highest BCUT2D eigenvalue weighted by Crippen LogP contribution is 2.30. The van der Waals surface area contributed by atoms with Gasteiger partial charge in [-0.3, -0.25) is 4.79 Å². The topological polar surface area (TPSA) is 66.4 Å². The molecule has 112 valence electrons. The van der Waals surface area contributed by atoms with E-state index in [9.17, 15) is 9.59 Å². The van der Waals surface area contributed by atoms with Crippen molar-refractivity contribution in [1.82, 2.24) is 0 Å². The van der Waals surface area contributed by atoms with Crippen LogP contribution in [-0.4, -0.2) is 22.9 Å². The number of carbonyl (C=O) groups is 2. The first kappa shape index (κ1) is 14.3. The van der Waals surface area contributed by atoms with Crippen LogP contribution in [0.1, 0.15) is 27.9 Å². The van der Waals surface area contributed by atoms with Gasteiger partial charge in [0.1, 0.15) is 6.04 Å². The Morgan fingerprint density at radius 1 is 1.09 bits per heavy atom. The minimum absolute atomic E-state index is 0.0635. The zero-order valence-electron chi connectivity index (χ0n) is 12.1. The first-order chi connectivity index (χ1) is 10.6. The molecule has 3 rings (SSSR count). The molecule has 0 aromatic heterocycles. The number of hydrogen-bond donors (Lipinski definition) is 2. The first-order valence-electron chi connectivity index (χ1n) is 7.33. The second-order valence-corrected chi connectivity index (χ2v) is 5.48. The van der Waals surface area contributed by atoms with Crippen molar-refractivity contribution in [2.75, 3.05) is 5.32 Å². The van der Waals surface area contributed by atoms with Crippen molar-refractivity contribution >= 4 is 17.4 Å². The van der Waals surface area contributed by atoms with Gasteiger partial charge < -0.3 is 10.4 Å². The number of fused-ring (bicyclic) bond motifs is 1. The number of aryl methyl sites for hydroxylation is 1. The molecule has 4 nitrogen and oxygen atoms in total. The molecule has 0 saturated carbocycles. The molecule has 0 saturated heterocycles. The van der Waals surface area contributed by atoms with E-state index in [1.54, 1.807) is 12.1 Å². The molecule has 1 heterocycles. The van der Waals surface area contributed by atoms with Gasteiger partial charge >= 0.3 is 5.97 Å². The van der Waals surface area contributed by atoms with Crippen LogP contribution < -0.4 is 5.32 Å². The quantitative estimate of drug-likeness (QED) is 0.832. The maximum Gasteiger partial charge on any atom is 0.326 e. The van der Waals surface area contributed by atoms with Gasteiger partial charge in [0.15, 0.2) is 5.78 Å². The Labute approximate surface area is 128 Å². The van der Waals surface area contributed by atoms with E-state index < -0.39 is 12.0 Å². The molecule has 0 bridgehead atoms. The summed E-state index contributed by atoms with van der Waals surface area (Å²) in [6, 6.07) is 14.7. The van der Waals surface area contributed by atoms with Crippen molar-refractivity contribution < 1.29 is 14.7 Å². The molecule has 1 aliphatic heterocycles. The van der Waals surface area contributed by atoms with Crippen molar-refractivity contribution in [2.45, 2.75) is 25.3 Å². The van der Waals surface area contributed by atoms with Crippen LogP contribution in [0.25, 0.3) is 0 Å². The molecule has 4 heteroatoms. The largest absolute Gasteiger partial charge is 0.480 e. The van der Waals surface area contributed by atoms with E-state index in [4.69, 9.17) is 5.11 Å². The molecule has 1 unspecified atom stereocenters. The fourth-order valence-electron chi connectivity index (χ4n) is 2.83. The zero-order chi connectivity index (χ0) is 15.5. The summed E-state index contributed by atoms with van der Waals surface area (Å²) in [5.74, 6) is -0.826. The fraction of sp³-hybridized carbons (Fsp3) is 0.222. The van der Waals surface area contributed by atoms with E-state index in [1.807, 2.05) is 36.4 Å². The van der Waals surface area contributed by atoms with E-state index >= 15 is 0 Å². The number of rotatable bonds is 5. The highest BCUT2D eigenvalue weighted by atomic mass is 16.4. The summed E-state index contributed by atoms with van der Waals surface area (Å²) < 4.78 is 0. The minimum atomic E-state index is -0.890. The van der Waals surface area contributed by atoms with Crippen LogP contribution in [0.2, 0.25) is 0 Å². The summed E-state index contributed by atoms with van der Waals surface area (Å²) >= 11 is 0. The van der Waals surface area contributed by atoms with Crippen LogP contribution in [0.5, 0.6) is 0 Å². The summed E-state index contributed by atoms with van der Waals surface area (Å²) in [5, 5.41) is 12.1. The number of nitrogens with one attached hydrogen (secondary N) is 1. The lowest BCUT2D eigenvalue weighted by atomic mass is 9.96. The predicted molar refractivity (Wildman–Crippen MR) is 84.3 cm³/mol. The highest BCUT2D eigenvalue weighted by molar-refractivity contribution is 6.00. The summed E-state index contributed by atoms with van der Waals surface area (Å²) in [5.41, 5.74) is 3.36. The van der Waals surface area contributed by atoms with Gasteiger partial charge in [-0.25, -0.2) is 4.79 Å². The summed E-state index contributed by atoms with van der Waals surface area (Å²) in [6.07, 6.45) is 1.48. The number of aliphatic carboxylic acids is 1. The van der Waals surface area contributed by atoms with Gasteiger partial charge in [-0.15, -0.1) is 0 Å². The number of carboxylic acid groups (broad SMARTS) is 1. The average Bonchev–Trinajstić information content (AvgIpc) is 2.98. The smallest absolute Gasteiger partial charge is 0.326 e. The highest BCUT2D eigenvalue weighted by Gasteiger charge is 2.29. The fourth-order valence-corrected chi connectivity index (χ4v) is 2.83. The zero-order valence-corrected chi connectivity index (χ0v) is 12.1. The molecule has 0 aliphatic carbocycles. The molecule has 2 aromatic rings. The van der Waals surface area contributed by atoms with Crippen molar-refractivity contribution in [3.05, 3.63) is 65.2 Å². The van der Waals surface area contributed by atoms with Gasteiger partial charge in [0.25, 0.3) is 0 Å². The molecule has 22 heavy (non-hydrogen) atoms. The lowest BCUT2D eigenvalue weighted by molar-refractivity contribution is -0.137. The molecular weight excluding hydrogens is 278 g/mol.